The van der Waals surface area contributed by atoms with Crippen LogP contribution < -0.4 is 47.3 Å². The molecule has 20 amide bonds. The fourth-order valence-corrected chi connectivity index (χ4v) is 23.4. The van der Waals surface area contributed by atoms with Crippen molar-refractivity contribution in [2.75, 3.05) is 107 Å². The van der Waals surface area contributed by atoms with Gasteiger partial charge in [0.05, 0.1) is 19.2 Å². The molecule has 149 heavy (non-hydrogen) atoms. The van der Waals surface area contributed by atoms with Crippen molar-refractivity contribution in [1.82, 2.24) is 80.1 Å². The molecule has 2 saturated carbocycles. The van der Waals surface area contributed by atoms with Crippen molar-refractivity contribution in [3.63, 3.8) is 0 Å². The number of benzene rings is 8. The van der Waals surface area contributed by atoms with E-state index in [1.165, 1.54) is 36.8 Å². The van der Waals surface area contributed by atoms with Gasteiger partial charge in [-0.05, 0) is 259 Å². The van der Waals surface area contributed by atoms with E-state index in [0.29, 0.717) is 168 Å². The summed E-state index contributed by atoms with van der Waals surface area (Å²) in [5.74, 6) is 2.13. The number of methoxy groups -OCH3 is 1. The predicted molar refractivity (Wildman–Crippen MR) is 566 cm³/mol. The minimum Gasteiger partial charge on any atom is -0.508 e. The van der Waals surface area contributed by atoms with E-state index in [0.717, 1.165) is 152 Å². The molecule has 8 aromatic rings. The lowest BCUT2D eigenvalue weighted by atomic mass is 10.0. The zero-order chi connectivity index (χ0) is 103. The van der Waals surface area contributed by atoms with Gasteiger partial charge in [-0.2, -0.15) is 0 Å². The zero-order valence-corrected chi connectivity index (χ0v) is 85.4. The maximum atomic E-state index is 13.7. The number of amides is 20. The minimum atomic E-state index is -0.542. The number of nitrogens with one attached hydrogen (secondary N) is 8. The molecular formula is C115H142N20O14. The summed E-state index contributed by atoms with van der Waals surface area (Å²) in [6, 6.07) is 64.1. The number of likely N-dealkylation sites (tertiary alicyclic amines) is 8. The Morgan fingerprint density at radius 1 is 0.309 bits per heavy atom. The molecule has 2 aliphatic carbocycles. The number of phenolic OH excluding ortho intramolecular Hbond substituents is 1. The molecule has 34 nitrogen and oxygen atoms in total. The van der Waals surface area contributed by atoms with Gasteiger partial charge in [0.1, 0.15) is 35.7 Å². The number of nitrogens with zero attached hydrogens (tertiary/aromatic N) is 12. The molecular weight excluding hydrogens is 1890 g/mol. The van der Waals surface area contributed by atoms with Crippen LogP contribution in [0, 0.1) is 11.8 Å². The summed E-state index contributed by atoms with van der Waals surface area (Å²) < 4.78 is 5.31. The quantitative estimate of drug-likeness (QED) is 0.0363. The van der Waals surface area contributed by atoms with E-state index in [-0.39, 0.29) is 114 Å². The Labute approximate surface area is 872 Å². The van der Waals surface area contributed by atoms with Crippen molar-refractivity contribution in [1.29, 1.82) is 0 Å². The van der Waals surface area contributed by atoms with Gasteiger partial charge in [0.2, 0.25) is 23.6 Å². The van der Waals surface area contributed by atoms with Crippen LogP contribution in [0.15, 0.2) is 206 Å². The largest absolute Gasteiger partial charge is 0.508 e. The number of para-hydroxylation sites is 4. The highest BCUT2D eigenvalue weighted by Gasteiger charge is 2.45. The average molecular weight is 2030 g/mol. The molecule has 6 atom stereocenters. The van der Waals surface area contributed by atoms with Crippen LogP contribution in [0.3, 0.4) is 0 Å². The molecule has 786 valence electrons. The lowest BCUT2D eigenvalue weighted by Gasteiger charge is -2.41. The Hall–Kier alpha value is -14.6. The third-order valence-corrected chi connectivity index (χ3v) is 32.3. The summed E-state index contributed by atoms with van der Waals surface area (Å²) in [6.45, 7) is 10.6. The number of urea groups is 8. The van der Waals surface area contributed by atoms with Crippen LogP contribution in [-0.4, -0.2) is 270 Å². The summed E-state index contributed by atoms with van der Waals surface area (Å²) in [4.78, 5) is 180. The van der Waals surface area contributed by atoms with E-state index in [2.05, 4.69) is 66.8 Å². The summed E-state index contributed by atoms with van der Waals surface area (Å²) in [5, 5.41) is 33.6. The van der Waals surface area contributed by atoms with Crippen LogP contribution >= 0.6 is 0 Å². The molecule has 0 bridgehead atoms. The third-order valence-electron chi connectivity index (χ3n) is 32.3. The number of ether oxygens (including phenoxy) is 1. The summed E-state index contributed by atoms with van der Waals surface area (Å²) in [7, 11) is 1.63. The average Bonchev–Trinajstić information content (AvgIpc) is 1.68. The number of carbonyl (C=O) groups is 12. The van der Waals surface area contributed by atoms with Crippen molar-refractivity contribution >= 4 is 94.6 Å². The number of anilines is 4. The molecule has 14 aliphatic rings. The van der Waals surface area contributed by atoms with Gasteiger partial charge in [0, 0.05) is 165 Å². The molecule has 22 rings (SSSR count). The molecule has 34 heteroatoms. The molecule has 9 N–H and O–H groups in total. The lowest BCUT2D eigenvalue weighted by Crippen LogP contribution is -2.55. The summed E-state index contributed by atoms with van der Waals surface area (Å²) in [6.07, 6.45) is 20.2. The number of hydrogen-bond acceptors (Lipinski definition) is 14. The highest BCUT2D eigenvalue weighted by molar-refractivity contribution is 5.96. The number of hydrogen-bond donors (Lipinski definition) is 9. The molecule has 0 unspecified atom stereocenters. The fourth-order valence-electron chi connectivity index (χ4n) is 23.4. The van der Waals surface area contributed by atoms with Gasteiger partial charge < -0.3 is 111 Å². The fraction of sp³-hybridized carbons (Fsp3) is 0.478. The van der Waals surface area contributed by atoms with Gasteiger partial charge in [0.25, 0.3) is 0 Å². The molecule has 0 spiro atoms. The topological polar surface area (TPSA) is 369 Å². The van der Waals surface area contributed by atoms with E-state index in [4.69, 9.17) is 4.74 Å². The van der Waals surface area contributed by atoms with Gasteiger partial charge >= 0.3 is 48.2 Å². The molecule has 8 saturated heterocycles. The Bertz CT molecular complexity index is 5880. The monoisotopic (exact) mass is 2030 g/mol. The first-order valence-corrected chi connectivity index (χ1v) is 54.2. The Morgan fingerprint density at radius 2 is 0.611 bits per heavy atom. The Balaban J connectivity index is 0.000000125. The summed E-state index contributed by atoms with van der Waals surface area (Å²) >= 11 is 0. The van der Waals surface area contributed by atoms with Crippen molar-refractivity contribution in [2.24, 2.45) is 11.8 Å². The predicted octanol–water partition coefficient (Wildman–Crippen LogP) is 16.8. The highest BCUT2D eigenvalue weighted by atomic mass is 16.5. The van der Waals surface area contributed by atoms with Crippen molar-refractivity contribution < 1.29 is 67.4 Å². The van der Waals surface area contributed by atoms with Crippen LogP contribution in [0.2, 0.25) is 0 Å². The van der Waals surface area contributed by atoms with E-state index in [9.17, 15) is 62.6 Å². The van der Waals surface area contributed by atoms with Gasteiger partial charge in [-0.3, -0.25) is 19.2 Å². The van der Waals surface area contributed by atoms with Crippen molar-refractivity contribution in [2.45, 2.75) is 254 Å². The smallest absolute Gasteiger partial charge is 0.322 e. The molecule has 8 aromatic carbocycles. The van der Waals surface area contributed by atoms with Gasteiger partial charge in [-0.15, -0.1) is 0 Å². The maximum absolute atomic E-state index is 13.7. The van der Waals surface area contributed by atoms with Crippen LogP contribution in [0.1, 0.15) is 211 Å². The number of rotatable bonds is 19. The zero-order valence-electron chi connectivity index (χ0n) is 85.4. The normalized spacial score (nSPS) is 22.7. The van der Waals surface area contributed by atoms with E-state index in [1.54, 1.807) is 33.9 Å². The second kappa shape index (κ2) is 48.1. The number of phenols is 1. The van der Waals surface area contributed by atoms with E-state index >= 15 is 0 Å². The van der Waals surface area contributed by atoms with E-state index < -0.39 is 24.2 Å². The Kier molecular flexibility index (Phi) is 33.3. The molecule has 10 fully saturated rings. The van der Waals surface area contributed by atoms with Crippen molar-refractivity contribution in [3.8, 4) is 11.5 Å². The molecule has 0 radical (unpaired) electrons. The second-order valence-corrected chi connectivity index (χ2v) is 42.4. The Morgan fingerprint density at radius 3 is 0.933 bits per heavy atom. The first kappa shape index (κ1) is 103. The van der Waals surface area contributed by atoms with E-state index in [1.807, 2.05) is 214 Å². The number of piperidine rings is 4. The first-order valence-electron chi connectivity index (χ1n) is 54.2. The standard InChI is InChI=1S/2C30H37N5O3.C28H35N5O4.C27H33N5O4/c2*36-28-26(11-6-12-27(22-7-2-1-3-8-22)35(28)19-21-13-14-21)32-29(37)33-17-15-24(16-18-33)34-20-23-9-4-5-10-25(23)31-30(34)38;1-37-23-9-6-7-20(17-23)18-32-14-5-4-11-25(26(32)34)30-27(35)31-15-12-22(13-16-31)33-19-21-8-2-3-10-24(21)29-28(33)36;33-22-10-8-19(9-11-22)17-31-14-4-3-7-24(25(31)34)29-26(35)30-15-12-21(13-16-30)32-18-20-5-1-2-6-23(20)28-27(32)36/h2*1-5,7-10,21,24,26-27H,6,11-20H2,(H,31,38)(H,32,37);2-3,6-10,17,22,25H,4-5,11-16,18-19H2,1H3,(H,29,36)(H,30,35);1-2,5-6,8-11,21,24,33H,3-4,7,12-18H2,(H,28,36)(H,29,35)/t2*26-,27-;25-;24-/m1011/s1. The van der Waals surface area contributed by atoms with Crippen LogP contribution in [0.25, 0.3) is 0 Å². The van der Waals surface area contributed by atoms with Crippen LogP contribution in [0.5, 0.6) is 11.5 Å². The number of fused-ring (bicyclic) bond motifs is 4. The van der Waals surface area contributed by atoms with Gasteiger partial charge in [-0.1, -0.05) is 158 Å². The second-order valence-electron chi connectivity index (χ2n) is 42.4. The number of aromatic hydroxyl groups is 1. The van der Waals surface area contributed by atoms with Crippen LogP contribution in [-0.2, 0) is 58.4 Å². The maximum Gasteiger partial charge on any atom is 0.322 e. The lowest BCUT2D eigenvalue weighted by molar-refractivity contribution is -0.136. The van der Waals surface area contributed by atoms with Crippen LogP contribution in [0.4, 0.5) is 61.1 Å². The molecule has 12 heterocycles. The van der Waals surface area contributed by atoms with Gasteiger partial charge in [0.15, 0.2) is 0 Å². The molecule has 0 aromatic heterocycles. The first-order chi connectivity index (χ1) is 72.6. The summed E-state index contributed by atoms with van der Waals surface area (Å²) in [5.41, 5.74) is 12.2. The minimum absolute atomic E-state index is 0.0350. The van der Waals surface area contributed by atoms with Crippen molar-refractivity contribution in [3.05, 3.63) is 251 Å². The molecule has 12 aliphatic heterocycles. The van der Waals surface area contributed by atoms with Gasteiger partial charge in [-0.25, -0.2) is 38.4 Å². The highest BCUT2D eigenvalue weighted by Crippen LogP contribution is 2.42. The SMILES string of the molecule is COc1cccc(CN2CCCC[C@@H](NC(=O)N3CCC(N4Cc5ccccc5NC4=O)CC3)C2=O)c1.O=C(N[C@@H]1CCCCN(Cc2ccc(O)cc2)C1=O)N1CCC(N2Cc3ccccc3NC2=O)CC1.O=C(N[C@@H]1CCC[C@H](c2ccccc2)N(CC2CC2)C1=O)N1CCC(N2Cc3ccccc3NC2=O)CC1.O=C(N[C@H]1CCC[C@@H](c2ccccc2)N(CC2CC2)C1=O)N1CCC(N2Cc3ccccc3NC2=O)CC1. The number of carbonyl (C=O) groups excluding carboxylic acids is 12. The third kappa shape index (κ3) is 25.7.